The monoisotopic (exact) mass is 389 g/mol. The summed E-state index contributed by atoms with van der Waals surface area (Å²) in [5, 5.41) is 4.56. The van der Waals surface area contributed by atoms with Crippen LogP contribution in [0.4, 0.5) is 10.1 Å². The third-order valence-electron chi connectivity index (χ3n) is 3.66. The molecule has 3 rings (SSSR count). The highest BCUT2D eigenvalue weighted by molar-refractivity contribution is 7.12. The van der Waals surface area contributed by atoms with Gasteiger partial charge in [-0.1, -0.05) is 17.7 Å². The van der Waals surface area contributed by atoms with Gasteiger partial charge in [0.05, 0.1) is 9.90 Å². The molecule has 0 aliphatic carbocycles. The average Bonchev–Trinajstić information content (AvgIpc) is 3.05. The van der Waals surface area contributed by atoms with E-state index in [0.717, 1.165) is 22.4 Å². The Morgan fingerprint density at radius 3 is 2.58 bits per heavy atom. The first-order valence-corrected chi connectivity index (χ1v) is 9.21. The lowest BCUT2D eigenvalue weighted by atomic mass is 10.1. The van der Waals surface area contributed by atoms with E-state index in [1.54, 1.807) is 6.07 Å². The summed E-state index contributed by atoms with van der Waals surface area (Å²) in [6.45, 7) is 4.43. The number of hydrogen-bond donors (Lipinski definition) is 1. The van der Waals surface area contributed by atoms with Crippen LogP contribution in [0.25, 0.3) is 0 Å². The summed E-state index contributed by atoms with van der Waals surface area (Å²) in [7, 11) is 0. The van der Waals surface area contributed by atoms with Crippen molar-refractivity contribution in [3.05, 3.63) is 80.3 Å². The molecule has 26 heavy (non-hydrogen) atoms. The highest BCUT2D eigenvalue weighted by atomic mass is 35.5. The van der Waals surface area contributed by atoms with Gasteiger partial charge in [0.15, 0.2) is 0 Å². The highest BCUT2D eigenvalue weighted by Gasteiger charge is 2.11. The highest BCUT2D eigenvalue weighted by Crippen LogP contribution is 2.23. The predicted molar refractivity (Wildman–Crippen MR) is 104 cm³/mol. The molecule has 1 amide bonds. The zero-order valence-electron chi connectivity index (χ0n) is 14.3. The number of thiophene rings is 1. The molecule has 0 aliphatic rings. The van der Waals surface area contributed by atoms with Crippen LogP contribution in [0.5, 0.6) is 5.75 Å². The molecule has 1 N–H and O–H groups in total. The van der Waals surface area contributed by atoms with Gasteiger partial charge in [-0.2, -0.15) is 0 Å². The van der Waals surface area contributed by atoms with E-state index >= 15 is 0 Å². The maximum absolute atomic E-state index is 13.2. The molecule has 2 aromatic carbocycles. The second-order valence-electron chi connectivity index (χ2n) is 6.01. The van der Waals surface area contributed by atoms with Gasteiger partial charge in [-0.25, -0.2) is 4.39 Å². The summed E-state index contributed by atoms with van der Waals surface area (Å²) in [5.74, 6) is 0.0163. The number of nitrogens with one attached hydrogen (secondary N) is 1. The molecule has 3 aromatic rings. The molecular formula is C20H17ClFNO2S. The van der Waals surface area contributed by atoms with Gasteiger partial charge in [0.25, 0.3) is 5.91 Å². The quantitative estimate of drug-likeness (QED) is 0.582. The SMILES string of the molecule is Cc1cc(C)cc(OCc2csc(C(=O)Nc3ccc(F)c(Cl)c3)c2)c1. The maximum Gasteiger partial charge on any atom is 0.265 e. The molecule has 0 spiro atoms. The summed E-state index contributed by atoms with van der Waals surface area (Å²) >= 11 is 7.06. The number of amides is 1. The number of halogens is 2. The molecule has 0 aliphatic heterocycles. The third-order valence-corrected chi connectivity index (χ3v) is 4.92. The first-order valence-electron chi connectivity index (χ1n) is 7.95. The van der Waals surface area contributed by atoms with Crippen LogP contribution in [-0.2, 0) is 6.61 Å². The van der Waals surface area contributed by atoms with Gasteiger partial charge in [-0.15, -0.1) is 11.3 Å². The molecule has 1 aromatic heterocycles. The standard InChI is InChI=1S/C20H17ClFNO2S/c1-12-5-13(2)7-16(6-12)25-10-14-8-19(26-11-14)20(24)23-15-3-4-18(22)17(21)9-15/h3-9,11H,10H2,1-2H3,(H,23,24). The fraction of sp³-hybridized carbons (Fsp3) is 0.150. The first kappa shape index (κ1) is 18.4. The number of carbonyl (C=O) groups excluding carboxylic acids is 1. The van der Waals surface area contributed by atoms with E-state index in [2.05, 4.69) is 11.4 Å². The van der Waals surface area contributed by atoms with Crippen molar-refractivity contribution in [2.24, 2.45) is 0 Å². The Morgan fingerprint density at radius 2 is 1.88 bits per heavy atom. The van der Waals surface area contributed by atoms with Gasteiger partial charge in [0.1, 0.15) is 18.2 Å². The molecular weight excluding hydrogens is 373 g/mol. The van der Waals surface area contributed by atoms with Crippen molar-refractivity contribution >= 4 is 34.5 Å². The fourth-order valence-electron chi connectivity index (χ4n) is 2.52. The van der Waals surface area contributed by atoms with Crippen molar-refractivity contribution in [3.63, 3.8) is 0 Å². The largest absolute Gasteiger partial charge is 0.489 e. The van der Waals surface area contributed by atoms with Crippen LogP contribution in [-0.4, -0.2) is 5.91 Å². The van der Waals surface area contributed by atoms with Gasteiger partial charge in [-0.3, -0.25) is 4.79 Å². The predicted octanol–water partition coefficient (Wildman–Crippen LogP) is 5.99. The number of anilines is 1. The number of rotatable bonds is 5. The van der Waals surface area contributed by atoms with Crippen molar-refractivity contribution in [1.29, 1.82) is 0 Å². The van der Waals surface area contributed by atoms with E-state index < -0.39 is 5.82 Å². The number of hydrogen-bond acceptors (Lipinski definition) is 3. The minimum Gasteiger partial charge on any atom is -0.489 e. The van der Waals surface area contributed by atoms with E-state index in [4.69, 9.17) is 16.3 Å². The smallest absolute Gasteiger partial charge is 0.265 e. The topological polar surface area (TPSA) is 38.3 Å². The van der Waals surface area contributed by atoms with E-state index in [-0.39, 0.29) is 10.9 Å². The van der Waals surface area contributed by atoms with E-state index in [1.807, 2.05) is 31.4 Å². The van der Waals surface area contributed by atoms with Crippen LogP contribution < -0.4 is 10.1 Å². The summed E-state index contributed by atoms with van der Waals surface area (Å²) in [5.41, 5.74) is 3.64. The molecule has 1 heterocycles. The van der Waals surface area contributed by atoms with Gasteiger partial charge in [-0.05, 0) is 66.8 Å². The summed E-state index contributed by atoms with van der Waals surface area (Å²) in [4.78, 5) is 12.9. The lowest BCUT2D eigenvalue weighted by molar-refractivity contribution is 0.103. The van der Waals surface area contributed by atoms with Crippen LogP contribution in [0.1, 0.15) is 26.4 Å². The second kappa shape index (κ2) is 7.89. The third kappa shape index (κ3) is 4.62. The molecule has 134 valence electrons. The zero-order valence-corrected chi connectivity index (χ0v) is 15.9. The van der Waals surface area contributed by atoms with Crippen LogP contribution in [0.2, 0.25) is 5.02 Å². The van der Waals surface area contributed by atoms with Crippen molar-refractivity contribution in [3.8, 4) is 5.75 Å². The maximum atomic E-state index is 13.2. The summed E-state index contributed by atoms with van der Waals surface area (Å²) in [6, 6.07) is 11.9. The van der Waals surface area contributed by atoms with Crippen LogP contribution >= 0.6 is 22.9 Å². The van der Waals surface area contributed by atoms with Crippen molar-refractivity contribution < 1.29 is 13.9 Å². The van der Waals surface area contributed by atoms with Gasteiger partial charge in [0.2, 0.25) is 0 Å². The molecule has 0 atom stereocenters. The van der Waals surface area contributed by atoms with Crippen LogP contribution in [0.15, 0.2) is 47.8 Å². The fourth-order valence-corrected chi connectivity index (χ4v) is 3.49. The minimum atomic E-state index is -0.522. The van der Waals surface area contributed by atoms with Gasteiger partial charge < -0.3 is 10.1 Å². The Labute approximate surface area is 160 Å². The molecule has 0 fully saturated rings. The first-order chi connectivity index (χ1) is 12.4. The zero-order chi connectivity index (χ0) is 18.7. The van der Waals surface area contributed by atoms with Gasteiger partial charge in [0, 0.05) is 11.3 Å². The Bertz CT molecular complexity index is 934. The lowest BCUT2D eigenvalue weighted by Gasteiger charge is -2.07. The number of aryl methyl sites for hydroxylation is 2. The average molecular weight is 390 g/mol. The number of carbonyl (C=O) groups is 1. The normalized spacial score (nSPS) is 10.6. The van der Waals surface area contributed by atoms with Crippen molar-refractivity contribution in [1.82, 2.24) is 0 Å². The molecule has 6 heteroatoms. The molecule has 0 radical (unpaired) electrons. The number of ether oxygens (including phenoxy) is 1. The van der Waals surface area contributed by atoms with Crippen LogP contribution in [0.3, 0.4) is 0 Å². The second-order valence-corrected chi connectivity index (χ2v) is 7.33. The lowest BCUT2D eigenvalue weighted by Crippen LogP contribution is -2.10. The van der Waals surface area contributed by atoms with Crippen molar-refractivity contribution in [2.75, 3.05) is 5.32 Å². The Morgan fingerprint density at radius 1 is 1.15 bits per heavy atom. The summed E-state index contributed by atoms with van der Waals surface area (Å²) < 4.78 is 19.0. The van der Waals surface area contributed by atoms with Crippen LogP contribution in [0, 0.1) is 19.7 Å². The Kier molecular flexibility index (Phi) is 5.59. The molecule has 0 unspecified atom stereocenters. The van der Waals surface area contributed by atoms with Crippen molar-refractivity contribution in [2.45, 2.75) is 20.5 Å². The Balaban J connectivity index is 1.63. The van der Waals surface area contributed by atoms with E-state index in [0.29, 0.717) is 17.2 Å². The molecule has 0 bridgehead atoms. The van der Waals surface area contributed by atoms with E-state index in [9.17, 15) is 9.18 Å². The Hall–Kier alpha value is -2.37. The molecule has 0 saturated carbocycles. The van der Waals surface area contributed by atoms with Gasteiger partial charge >= 0.3 is 0 Å². The summed E-state index contributed by atoms with van der Waals surface area (Å²) in [6.07, 6.45) is 0. The number of benzene rings is 2. The molecule has 0 saturated heterocycles. The molecule has 3 nitrogen and oxygen atoms in total. The van der Waals surface area contributed by atoms with E-state index in [1.165, 1.54) is 29.5 Å². The minimum absolute atomic E-state index is 0.0310.